The molecule has 1 aromatic heterocycles. The number of fused-ring (bicyclic) bond motifs is 4. The number of benzene rings is 1. The fourth-order valence-corrected chi connectivity index (χ4v) is 6.06. The van der Waals surface area contributed by atoms with E-state index < -0.39 is 10.0 Å². The first-order valence-electron chi connectivity index (χ1n) is 7.57. The summed E-state index contributed by atoms with van der Waals surface area (Å²) in [7, 11) is -3.60. The van der Waals surface area contributed by atoms with Gasteiger partial charge in [0.2, 0.25) is 10.0 Å². The van der Waals surface area contributed by atoms with Gasteiger partial charge in [-0.05, 0) is 37.5 Å². The van der Waals surface area contributed by atoms with Crippen molar-refractivity contribution in [3.8, 4) is 0 Å². The molecule has 23 heavy (non-hydrogen) atoms. The summed E-state index contributed by atoms with van der Waals surface area (Å²) in [5, 5.41) is 0.471. The van der Waals surface area contributed by atoms with Gasteiger partial charge in [0.1, 0.15) is 6.33 Å². The van der Waals surface area contributed by atoms with Crippen LogP contribution >= 0.6 is 11.6 Å². The minimum atomic E-state index is -3.60. The van der Waals surface area contributed by atoms with Crippen molar-refractivity contribution in [2.45, 2.75) is 43.2 Å². The second-order valence-electron chi connectivity index (χ2n) is 6.07. The molecule has 1 fully saturated rings. The van der Waals surface area contributed by atoms with Crippen LogP contribution in [0.25, 0.3) is 0 Å². The lowest BCUT2D eigenvalue weighted by atomic mass is 10.0. The number of rotatable bonds is 2. The molecule has 0 aliphatic carbocycles. The summed E-state index contributed by atoms with van der Waals surface area (Å²) in [5.74, 6) is 0. The molecule has 2 atom stereocenters. The van der Waals surface area contributed by atoms with Gasteiger partial charge in [-0.15, -0.1) is 0 Å². The molecule has 0 spiro atoms. The van der Waals surface area contributed by atoms with Crippen LogP contribution in [-0.4, -0.2) is 28.7 Å². The van der Waals surface area contributed by atoms with Crippen LogP contribution in [0.2, 0.25) is 5.02 Å². The fourth-order valence-electron chi connectivity index (χ4n) is 3.73. The predicted octanol–water partition coefficient (Wildman–Crippen LogP) is 2.89. The number of aromatic nitrogens is 2. The molecule has 5 nitrogen and oxygen atoms in total. The monoisotopic (exact) mass is 349 g/mol. The summed E-state index contributed by atoms with van der Waals surface area (Å²) >= 11 is 6.13. The van der Waals surface area contributed by atoms with Gasteiger partial charge in [-0.25, -0.2) is 18.4 Å². The second-order valence-corrected chi connectivity index (χ2v) is 8.29. The normalized spacial score (nSPS) is 23.7. The molecule has 0 amide bonds. The highest BCUT2D eigenvalue weighted by atomic mass is 35.5. The summed E-state index contributed by atoms with van der Waals surface area (Å²) in [6, 6.07) is 4.82. The molecule has 3 heterocycles. The van der Waals surface area contributed by atoms with Crippen LogP contribution in [0, 0.1) is 6.92 Å². The molecule has 0 N–H and O–H groups in total. The van der Waals surface area contributed by atoms with E-state index in [1.54, 1.807) is 35.6 Å². The van der Waals surface area contributed by atoms with Crippen molar-refractivity contribution in [1.82, 2.24) is 14.3 Å². The Hall–Kier alpha value is -1.50. The quantitative estimate of drug-likeness (QED) is 0.836. The van der Waals surface area contributed by atoms with Gasteiger partial charge in [0, 0.05) is 29.2 Å². The third-order valence-electron chi connectivity index (χ3n) is 4.83. The van der Waals surface area contributed by atoms with Gasteiger partial charge in [0.05, 0.1) is 16.6 Å². The predicted molar refractivity (Wildman–Crippen MR) is 86.7 cm³/mol. The van der Waals surface area contributed by atoms with Crippen molar-refractivity contribution in [3.63, 3.8) is 0 Å². The smallest absolute Gasteiger partial charge is 0.244 e. The highest BCUT2D eigenvalue weighted by molar-refractivity contribution is 7.89. The minimum Gasteiger partial charge on any atom is -0.244 e. The van der Waals surface area contributed by atoms with Crippen molar-refractivity contribution >= 4 is 21.6 Å². The average Bonchev–Trinajstić information content (AvgIpc) is 2.86. The molecule has 7 heteroatoms. The largest absolute Gasteiger partial charge is 0.244 e. The Balaban J connectivity index is 1.84. The lowest BCUT2D eigenvalue weighted by molar-refractivity contribution is 0.300. The molecular formula is C16H16ClN3O2S. The van der Waals surface area contributed by atoms with E-state index >= 15 is 0 Å². The zero-order valence-corrected chi connectivity index (χ0v) is 14.2. The molecule has 2 aromatic rings. The van der Waals surface area contributed by atoms with E-state index in [9.17, 15) is 8.42 Å². The van der Waals surface area contributed by atoms with E-state index in [2.05, 4.69) is 9.97 Å². The van der Waals surface area contributed by atoms with Crippen molar-refractivity contribution in [3.05, 3.63) is 52.6 Å². The summed E-state index contributed by atoms with van der Waals surface area (Å²) < 4.78 is 28.2. The van der Waals surface area contributed by atoms with Gasteiger partial charge in [0.15, 0.2) is 0 Å². The fraction of sp³-hybridized carbons (Fsp3) is 0.375. The van der Waals surface area contributed by atoms with Crippen molar-refractivity contribution in [2.24, 2.45) is 0 Å². The third-order valence-corrected chi connectivity index (χ3v) is 7.34. The Labute approximate surface area is 140 Å². The van der Waals surface area contributed by atoms with Crippen LogP contribution in [0.5, 0.6) is 0 Å². The van der Waals surface area contributed by atoms with Crippen LogP contribution in [0.15, 0.2) is 35.6 Å². The molecule has 4 rings (SSSR count). The summed E-state index contributed by atoms with van der Waals surface area (Å²) in [4.78, 5) is 8.70. The molecular weight excluding hydrogens is 334 g/mol. The van der Waals surface area contributed by atoms with Crippen molar-refractivity contribution in [1.29, 1.82) is 0 Å². The van der Waals surface area contributed by atoms with Crippen LogP contribution in [0.4, 0.5) is 0 Å². The molecule has 2 aliphatic heterocycles. The number of hydrogen-bond donors (Lipinski definition) is 0. The topological polar surface area (TPSA) is 63.2 Å². The molecule has 120 valence electrons. The molecule has 2 bridgehead atoms. The number of halogens is 1. The van der Waals surface area contributed by atoms with E-state index in [0.717, 1.165) is 24.1 Å². The maximum Gasteiger partial charge on any atom is 0.244 e. The first-order valence-corrected chi connectivity index (χ1v) is 9.39. The second kappa shape index (κ2) is 5.26. The van der Waals surface area contributed by atoms with E-state index in [4.69, 9.17) is 11.6 Å². The first-order chi connectivity index (χ1) is 11.0. The Kier molecular flexibility index (Phi) is 3.44. The van der Waals surface area contributed by atoms with Crippen LogP contribution < -0.4 is 0 Å². The zero-order chi connectivity index (χ0) is 16.2. The van der Waals surface area contributed by atoms with E-state index in [1.807, 2.05) is 0 Å². The van der Waals surface area contributed by atoms with Gasteiger partial charge >= 0.3 is 0 Å². The van der Waals surface area contributed by atoms with Gasteiger partial charge in [-0.1, -0.05) is 17.7 Å². The highest BCUT2D eigenvalue weighted by Crippen LogP contribution is 2.46. The third kappa shape index (κ3) is 2.20. The zero-order valence-electron chi connectivity index (χ0n) is 12.6. The Morgan fingerprint density at radius 1 is 1.30 bits per heavy atom. The van der Waals surface area contributed by atoms with E-state index in [1.165, 1.54) is 6.33 Å². The van der Waals surface area contributed by atoms with Crippen LogP contribution in [0.1, 0.15) is 35.7 Å². The maximum absolute atomic E-state index is 13.3. The van der Waals surface area contributed by atoms with Gasteiger partial charge in [0.25, 0.3) is 0 Å². The molecule has 0 saturated carbocycles. The first kappa shape index (κ1) is 15.1. The number of sulfonamides is 1. The van der Waals surface area contributed by atoms with Crippen LogP contribution in [0.3, 0.4) is 0 Å². The van der Waals surface area contributed by atoms with Crippen LogP contribution in [-0.2, 0) is 16.4 Å². The average molecular weight is 350 g/mol. The Bertz CT molecular complexity index is 885. The van der Waals surface area contributed by atoms with Gasteiger partial charge < -0.3 is 0 Å². The standard InChI is InChI=1S/C16H16ClN3O2S/c1-10-13(17)3-2-4-16(10)23(21,22)20-11-5-6-15(20)12-8-18-9-19-14(12)7-11/h2-4,8-9,11,15H,5-7H2,1H3. The Morgan fingerprint density at radius 3 is 2.96 bits per heavy atom. The van der Waals surface area contributed by atoms with Crippen molar-refractivity contribution < 1.29 is 8.42 Å². The maximum atomic E-state index is 13.3. The van der Waals surface area contributed by atoms with E-state index in [-0.39, 0.29) is 12.1 Å². The lowest BCUT2D eigenvalue weighted by Gasteiger charge is -2.34. The van der Waals surface area contributed by atoms with Gasteiger partial charge in [-0.3, -0.25) is 0 Å². The Morgan fingerprint density at radius 2 is 2.13 bits per heavy atom. The molecule has 1 aromatic carbocycles. The summed E-state index contributed by atoms with van der Waals surface area (Å²) in [5.41, 5.74) is 2.51. The molecule has 1 saturated heterocycles. The number of hydrogen-bond acceptors (Lipinski definition) is 4. The SMILES string of the molecule is Cc1c(Cl)cccc1S(=O)(=O)N1C2CCC1c1cncnc1C2. The minimum absolute atomic E-state index is 0.0363. The molecule has 0 radical (unpaired) electrons. The molecule has 2 unspecified atom stereocenters. The summed E-state index contributed by atoms with van der Waals surface area (Å²) in [6.07, 6.45) is 5.59. The van der Waals surface area contributed by atoms with Crippen molar-refractivity contribution in [2.75, 3.05) is 0 Å². The lowest BCUT2D eigenvalue weighted by Crippen LogP contribution is -2.42. The van der Waals surface area contributed by atoms with Gasteiger partial charge in [-0.2, -0.15) is 4.31 Å². The summed E-state index contributed by atoms with van der Waals surface area (Å²) in [6.45, 7) is 1.75. The van der Waals surface area contributed by atoms with E-state index in [0.29, 0.717) is 21.9 Å². The molecule has 2 aliphatic rings. The highest BCUT2D eigenvalue weighted by Gasteiger charge is 2.47. The number of nitrogens with zero attached hydrogens (tertiary/aromatic N) is 3.